The highest BCUT2D eigenvalue weighted by atomic mass is 16.5. The van der Waals surface area contributed by atoms with Crippen molar-refractivity contribution >= 4 is 18.0 Å². The minimum absolute atomic E-state index is 0.00791. The summed E-state index contributed by atoms with van der Waals surface area (Å²) in [7, 11) is 0. The van der Waals surface area contributed by atoms with E-state index in [9.17, 15) is 14.4 Å². The number of hydrogen-bond donors (Lipinski definition) is 3. The lowest BCUT2D eigenvalue weighted by molar-refractivity contribution is -0.142. The molecule has 0 aliphatic heterocycles. The second-order valence-corrected chi connectivity index (χ2v) is 8.38. The van der Waals surface area contributed by atoms with Crippen LogP contribution in [0.1, 0.15) is 63.0 Å². The van der Waals surface area contributed by atoms with Crippen molar-refractivity contribution in [2.45, 2.75) is 64.0 Å². The van der Waals surface area contributed by atoms with Gasteiger partial charge in [-0.25, -0.2) is 9.59 Å². The third-order valence-electron chi connectivity index (χ3n) is 6.05. The van der Waals surface area contributed by atoms with Gasteiger partial charge in [-0.2, -0.15) is 0 Å². The number of benzene rings is 2. The van der Waals surface area contributed by atoms with Gasteiger partial charge < -0.3 is 20.5 Å². The van der Waals surface area contributed by atoms with E-state index in [-0.39, 0.29) is 18.9 Å². The van der Waals surface area contributed by atoms with Crippen LogP contribution in [-0.2, 0) is 14.3 Å². The normalized spacial score (nSPS) is 14.0. The lowest BCUT2D eigenvalue weighted by atomic mass is 9.98. The summed E-state index contributed by atoms with van der Waals surface area (Å²) in [4.78, 5) is 36.1. The van der Waals surface area contributed by atoms with Crippen molar-refractivity contribution < 1.29 is 24.2 Å². The van der Waals surface area contributed by atoms with Crippen molar-refractivity contribution in [3.63, 3.8) is 0 Å². The van der Waals surface area contributed by atoms with E-state index in [4.69, 9.17) is 9.84 Å². The Kier molecular flexibility index (Phi) is 8.46. The summed E-state index contributed by atoms with van der Waals surface area (Å²) in [6.07, 6.45) is 2.08. The number of fused-ring (bicyclic) bond motifs is 3. The molecule has 2 aromatic rings. The molecule has 0 heterocycles. The molecule has 0 bridgehead atoms. The third-order valence-corrected chi connectivity index (χ3v) is 6.05. The fourth-order valence-corrected chi connectivity index (χ4v) is 4.30. The highest BCUT2D eigenvalue weighted by Gasteiger charge is 2.29. The molecule has 0 fully saturated rings. The van der Waals surface area contributed by atoms with Gasteiger partial charge in [0.15, 0.2) is 0 Å². The van der Waals surface area contributed by atoms with Gasteiger partial charge >= 0.3 is 12.1 Å². The van der Waals surface area contributed by atoms with Gasteiger partial charge in [0.1, 0.15) is 12.6 Å². The van der Waals surface area contributed by atoms with E-state index in [0.717, 1.165) is 35.1 Å². The average Bonchev–Trinajstić information content (AvgIpc) is 3.13. The number of nitrogens with one attached hydrogen (secondary N) is 2. The number of carboxylic acids is 1. The zero-order valence-electron chi connectivity index (χ0n) is 19.2. The molecule has 1 aliphatic rings. The van der Waals surface area contributed by atoms with E-state index in [1.807, 2.05) is 31.2 Å². The van der Waals surface area contributed by atoms with Crippen LogP contribution >= 0.6 is 0 Å². The monoisotopic (exact) mass is 452 g/mol. The molecule has 0 saturated heterocycles. The Balaban J connectivity index is 1.60. The van der Waals surface area contributed by atoms with E-state index in [1.54, 1.807) is 6.92 Å². The Morgan fingerprint density at radius 2 is 1.58 bits per heavy atom. The topological polar surface area (TPSA) is 105 Å². The molecular weight excluding hydrogens is 420 g/mol. The second kappa shape index (κ2) is 11.5. The van der Waals surface area contributed by atoms with Crippen LogP contribution in [0.2, 0.25) is 0 Å². The standard InChI is InChI=1S/C26H32N2O5/c1-3-5-10-17(15-24(29)28-23(4-2)25(30)31)27-26(32)33-16-22-20-13-8-6-11-18(20)19-12-7-9-14-21(19)22/h6-9,11-14,17,22-23H,3-5,10,15-16H2,1-2H3,(H,27,32)(H,28,29)(H,30,31)/t17-,23+/m0/s1. The molecule has 2 atom stereocenters. The molecule has 0 unspecified atom stereocenters. The van der Waals surface area contributed by atoms with Crippen LogP contribution in [0.15, 0.2) is 48.5 Å². The van der Waals surface area contributed by atoms with Crippen LogP contribution in [0.25, 0.3) is 11.1 Å². The Labute approximate surface area is 194 Å². The molecule has 7 heteroatoms. The van der Waals surface area contributed by atoms with E-state index in [0.29, 0.717) is 12.8 Å². The summed E-state index contributed by atoms with van der Waals surface area (Å²) in [5.41, 5.74) is 4.58. The Bertz CT molecular complexity index is 945. The summed E-state index contributed by atoms with van der Waals surface area (Å²) >= 11 is 0. The highest BCUT2D eigenvalue weighted by molar-refractivity contribution is 5.84. The van der Waals surface area contributed by atoms with Gasteiger partial charge in [-0.15, -0.1) is 0 Å². The van der Waals surface area contributed by atoms with Crippen molar-refractivity contribution in [1.29, 1.82) is 0 Å². The zero-order valence-corrected chi connectivity index (χ0v) is 19.2. The number of hydrogen-bond acceptors (Lipinski definition) is 4. The van der Waals surface area contributed by atoms with Crippen LogP contribution in [0.4, 0.5) is 4.79 Å². The number of amides is 2. The summed E-state index contributed by atoms with van der Waals surface area (Å²) in [5, 5.41) is 14.5. The van der Waals surface area contributed by atoms with Crippen LogP contribution < -0.4 is 10.6 Å². The summed E-state index contributed by atoms with van der Waals surface area (Å²) in [6, 6.07) is 14.9. The number of carbonyl (C=O) groups excluding carboxylic acids is 2. The molecule has 0 radical (unpaired) electrons. The van der Waals surface area contributed by atoms with E-state index in [2.05, 4.69) is 34.9 Å². The van der Waals surface area contributed by atoms with Crippen molar-refractivity contribution in [3.8, 4) is 11.1 Å². The van der Waals surface area contributed by atoms with Gasteiger partial charge in [0.05, 0.1) is 0 Å². The first-order valence-electron chi connectivity index (χ1n) is 11.6. The van der Waals surface area contributed by atoms with Gasteiger partial charge in [0, 0.05) is 18.4 Å². The Morgan fingerprint density at radius 3 is 2.12 bits per heavy atom. The van der Waals surface area contributed by atoms with E-state index >= 15 is 0 Å². The quantitative estimate of drug-likeness (QED) is 0.467. The first kappa shape index (κ1) is 24.3. The molecule has 0 aromatic heterocycles. The maximum Gasteiger partial charge on any atom is 0.407 e. The van der Waals surface area contributed by atoms with Gasteiger partial charge in [-0.3, -0.25) is 4.79 Å². The molecule has 3 rings (SSSR count). The fraction of sp³-hybridized carbons (Fsp3) is 0.423. The van der Waals surface area contributed by atoms with Gasteiger partial charge in [0.2, 0.25) is 5.91 Å². The van der Waals surface area contributed by atoms with Gasteiger partial charge in [-0.05, 0) is 35.1 Å². The number of ether oxygens (including phenoxy) is 1. The molecule has 7 nitrogen and oxygen atoms in total. The Hall–Kier alpha value is -3.35. The molecule has 176 valence electrons. The Morgan fingerprint density at radius 1 is 0.970 bits per heavy atom. The summed E-state index contributed by atoms with van der Waals surface area (Å²) in [6.45, 7) is 3.92. The number of aliphatic carboxylic acids is 1. The summed E-state index contributed by atoms with van der Waals surface area (Å²) in [5.74, 6) is -1.51. The third kappa shape index (κ3) is 6.12. The van der Waals surface area contributed by atoms with Gasteiger partial charge in [-0.1, -0.05) is 75.2 Å². The van der Waals surface area contributed by atoms with E-state index in [1.165, 1.54) is 0 Å². The number of alkyl carbamates (subject to hydrolysis) is 1. The molecule has 2 amide bonds. The average molecular weight is 453 g/mol. The molecule has 0 spiro atoms. The van der Waals surface area contributed by atoms with Crippen LogP contribution in [0, 0.1) is 0 Å². The van der Waals surface area contributed by atoms with Crippen molar-refractivity contribution in [2.75, 3.05) is 6.61 Å². The fourth-order valence-electron chi connectivity index (χ4n) is 4.30. The van der Waals surface area contributed by atoms with E-state index < -0.39 is 30.1 Å². The lowest BCUT2D eigenvalue weighted by Gasteiger charge is -2.21. The van der Waals surface area contributed by atoms with Gasteiger partial charge in [0.25, 0.3) is 0 Å². The number of unbranched alkanes of at least 4 members (excludes halogenated alkanes) is 1. The molecular formula is C26H32N2O5. The van der Waals surface area contributed by atoms with Crippen molar-refractivity contribution in [1.82, 2.24) is 10.6 Å². The number of carbonyl (C=O) groups is 3. The van der Waals surface area contributed by atoms with Crippen LogP contribution in [0.3, 0.4) is 0 Å². The summed E-state index contributed by atoms with van der Waals surface area (Å²) < 4.78 is 5.60. The highest BCUT2D eigenvalue weighted by Crippen LogP contribution is 2.44. The maximum atomic E-state index is 12.6. The molecule has 3 N–H and O–H groups in total. The first-order valence-corrected chi connectivity index (χ1v) is 11.6. The molecule has 1 aliphatic carbocycles. The van der Waals surface area contributed by atoms with Crippen molar-refractivity contribution in [3.05, 3.63) is 59.7 Å². The number of rotatable bonds is 11. The molecule has 2 aromatic carbocycles. The SMILES string of the molecule is CCCC[C@@H](CC(=O)N[C@H](CC)C(=O)O)NC(=O)OCC1c2ccccc2-c2ccccc21. The predicted octanol–water partition coefficient (Wildman–Crippen LogP) is 4.45. The zero-order chi connectivity index (χ0) is 23.8. The second-order valence-electron chi connectivity index (χ2n) is 8.38. The van der Waals surface area contributed by atoms with Crippen LogP contribution in [-0.4, -0.2) is 41.8 Å². The lowest BCUT2D eigenvalue weighted by Crippen LogP contribution is -2.44. The first-order chi connectivity index (χ1) is 15.9. The molecule has 33 heavy (non-hydrogen) atoms. The minimum atomic E-state index is -1.07. The largest absolute Gasteiger partial charge is 0.480 e. The smallest absolute Gasteiger partial charge is 0.407 e. The van der Waals surface area contributed by atoms with Crippen molar-refractivity contribution in [2.24, 2.45) is 0 Å². The number of carboxylic acid groups (broad SMARTS) is 1. The molecule has 0 saturated carbocycles. The van der Waals surface area contributed by atoms with Crippen LogP contribution in [0.5, 0.6) is 0 Å². The minimum Gasteiger partial charge on any atom is -0.480 e. The maximum absolute atomic E-state index is 12.6. The predicted molar refractivity (Wildman–Crippen MR) is 126 cm³/mol.